The smallest absolute Gasteiger partial charge is 0.235 e. The van der Waals surface area contributed by atoms with Crippen LogP contribution in [0.2, 0.25) is 0 Å². The lowest BCUT2D eigenvalue weighted by atomic mass is 9.76. The Labute approximate surface area is 174 Å². The van der Waals surface area contributed by atoms with Gasteiger partial charge in [0.15, 0.2) is 0 Å². The molecule has 8 nitrogen and oxygen atoms in total. The number of benzene rings is 1. The normalized spacial score (nSPS) is 29.0. The second-order valence-electron chi connectivity index (χ2n) is 8.49. The van der Waals surface area contributed by atoms with Crippen molar-refractivity contribution < 1.29 is 18.7 Å². The molecule has 30 heavy (non-hydrogen) atoms. The fourth-order valence-corrected chi connectivity index (χ4v) is 4.96. The van der Waals surface area contributed by atoms with Gasteiger partial charge < -0.3 is 19.0 Å². The molecule has 0 N–H and O–H groups in total. The van der Waals surface area contributed by atoms with Crippen LogP contribution in [0.4, 0.5) is 0 Å². The number of aryl methyl sites for hydroxylation is 2. The molecule has 1 aromatic heterocycles. The van der Waals surface area contributed by atoms with Crippen LogP contribution in [-0.2, 0) is 27.4 Å². The molecule has 156 valence electrons. The number of nitrogens with zero attached hydrogens (tertiary/aromatic N) is 4. The van der Waals surface area contributed by atoms with Gasteiger partial charge in [0.05, 0.1) is 31.0 Å². The Kier molecular flexibility index (Phi) is 4.28. The molecule has 3 aliphatic heterocycles. The number of rotatable bonds is 5. The van der Waals surface area contributed by atoms with Crippen molar-refractivity contribution in [3.05, 3.63) is 59.3 Å². The van der Waals surface area contributed by atoms with Crippen LogP contribution in [0.1, 0.15) is 22.9 Å². The fourth-order valence-electron chi connectivity index (χ4n) is 4.96. The van der Waals surface area contributed by atoms with Crippen molar-refractivity contribution in [3.8, 4) is 0 Å². The number of likely N-dealkylation sites (tertiary alicyclic amines) is 1. The van der Waals surface area contributed by atoms with Crippen molar-refractivity contribution in [1.82, 2.24) is 20.0 Å². The lowest BCUT2D eigenvalue weighted by Crippen LogP contribution is -2.44. The molecule has 0 unspecified atom stereocenters. The highest BCUT2D eigenvalue weighted by Crippen LogP contribution is 2.52. The predicted molar refractivity (Wildman–Crippen MR) is 106 cm³/mol. The fraction of sp³-hybridized carbons (Fsp3) is 0.455. The SMILES string of the molecule is Cc1cccc(CN2C[C@]34C=C[C@H](O3)[C@@H](C(=O)N(C)Cc3nnc(C)o3)[C@H]4C2=O)c1. The minimum Gasteiger partial charge on any atom is -0.424 e. The van der Waals surface area contributed by atoms with Gasteiger partial charge in [-0.25, -0.2) is 0 Å². The van der Waals surface area contributed by atoms with Crippen molar-refractivity contribution in [1.29, 1.82) is 0 Å². The van der Waals surface area contributed by atoms with Gasteiger partial charge in [-0.2, -0.15) is 0 Å². The van der Waals surface area contributed by atoms with E-state index in [-0.39, 0.29) is 24.5 Å². The van der Waals surface area contributed by atoms with E-state index in [0.29, 0.717) is 24.9 Å². The standard InChI is InChI=1S/C22H24N4O4/c1-13-5-4-6-15(9-13)10-26-12-22-8-7-16(30-22)18(19(22)21(26)28)20(27)25(3)11-17-24-23-14(2)29-17/h4-9,16,18-19H,10-12H2,1-3H3/t16-,18+,19-,22-/m0/s1. The molecule has 3 aliphatic rings. The average Bonchev–Trinajstić information content (AvgIpc) is 3.44. The topological polar surface area (TPSA) is 88.8 Å². The van der Waals surface area contributed by atoms with Gasteiger partial charge in [0, 0.05) is 20.5 Å². The Morgan fingerprint density at radius 3 is 2.90 bits per heavy atom. The molecule has 4 heterocycles. The molecule has 4 atom stereocenters. The Hall–Kier alpha value is -3.00. The molecule has 0 saturated carbocycles. The van der Waals surface area contributed by atoms with Crippen LogP contribution in [0.15, 0.2) is 40.8 Å². The zero-order valence-electron chi connectivity index (χ0n) is 17.2. The molecule has 2 amide bonds. The summed E-state index contributed by atoms with van der Waals surface area (Å²) in [5.41, 5.74) is 1.51. The number of hydrogen-bond acceptors (Lipinski definition) is 6. The third-order valence-electron chi connectivity index (χ3n) is 6.24. The maximum absolute atomic E-state index is 13.4. The van der Waals surface area contributed by atoms with Gasteiger partial charge in [-0.15, -0.1) is 10.2 Å². The first-order chi connectivity index (χ1) is 14.4. The largest absolute Gasteiger partial charge is 0.424 e. The summed E-state index contributed by atoms with van der Waals surface area (Å²) in [4.78, 5) is 30.0. The number of carbonyl (C=O) groups is 2. The molecule has 0 radical (unpaired) electrons. The third kappa shape index (κ3) is 2.94. The maximum Gasteiger partial charge on any atom is 0.235 e. The van der Waals surface area contributed by atoms with Gasteiger partial charge in [-0.3, -0.25) is 9.59 Å². The quantitative estimate of drug-likeness (QED) is 0.699. The highest BCUT2D eigenvalue weighted by molar-refractivity contribution is 5.93. The minimum atomic E-state index is -0.714. The van der Waals surface area contributed by atoms with E-state index in [2.05, 4.69) is 16.3 Å². The van der Waals surface area contributed by atoms with Gasteiger partial charge >= 0.3 is 0 Å². The Morgan fingerprint density at radius 2 is 2.17 bits per heavy atom. The van der Waals surface area contributed by atoms with E-state index in [9.17, 15) is 9.59 Å². The van der Waals surface area contributed by atoms with Gasteiger partial charge in [0.1, 0.15) is 5.60 Å². The number of aromatic nitrogens is 2. The van der Waals surface area contributed by atoms with Crippen LogP contribution in [0, 0.1) is 25.7 Å². The number of fused-ring (bicyclic) bond motifs is 1. The van der Waals surface area contributed by atoms with Crippen LogP contribution in [0.3, 0.4) is 0 Å². The Morgan fingerprint density at radius 1 is 1.33 bits per heavy atom. The zero-order valence-corrected chi connectivity index (χ0v) is 17.2. The van der Waals surface area contributed by atoms with Crippen molar-refractivity contribution in [2.75, 3.05) is 13.6 Å². The summed E-state index contributed by atoms with van der Waals surface area (Å²) in [6, 6.07) is 8.12. The molecule has 2 fully saturated rings. The number of carbonyl (C=O) groups excluding carboxylic acids is 2. The maximum atomic E-state index is 13.4. The van der Waals surface area contributed by atoms with E-state index in [1.807, 2.05) is 42.2 Å². The van der Waals surface area contributed by atoms with Crippen molar-refractivity contribution in [2.24, 2.45) is 11.8 Å². The summed E-state index contributed by atoms with van der Waals surface area (Å²) < 4.78 is 11.6. The lowest BCUT2D eigenvalue weighted by molar-refractivity contribution is -0.143. The number of ether oxygens (including phenoxy) is 1. The molecule has 8 heteroatoms. The van der Waals surface area contributed by atoms with Crippen LogP contribution in [-0.4, -0.2) is 57.1 Å². The van der Waals surface area contributed by atoms with Crippen LogP contribution in [0.5, 0.6) is 0 Å². The van der Waals surface area contributed by atoms with E-state index < -0.39 is 17.4 Å². The minimum absolute atomic E-state index is 0.0243. The van der Waals surface area contributed by atoms with Crippen LogP contribution < -0.4 is 0 Å². The first-order valence-corrected chi connectivity index (χ1v) is 10.1. The zero-order chi connectivity index (χ0) is 21.0. The van der Waals surface area contributed by atoms with E-state index in [4.69, 9.17) is 9.15 Å². The van der Waals surface area contributed by atoms with E-state index in [0.717, 1.165) is 11.1 Å². The average molecular weight is 408 g/mol. The second-order valence-corrected chi connectivity index (χ2v) is 8.49. The summed E-state index contributed by atoms with van der Waals surface area (Å²) in [5.74, 6) is -0.387. The van der Waals surface area contributed by atoms with Crippen LogP contribution in [0.25, 0.3) is 0 Å². The molecule has 5 rings (SSSR count). The molecule has 1 spiro atoms. The number of hydrogen-bond donors (Lipinski definition) is 0. The lowest BCUT2D eigenvalue weighted by Gasteiger charge is -2.27. The summed E-state index contributed by atoms with van der Waals surface area (Å²) in [6.45, 7) is 4.92. The van der Waals surface area contributed by atoms with Crippen LogP contribution >= 0.6 is 0 Å². The highest BCUT2D eigenvalue weighted by atomic mass is 16.5. The molecular formula is C22H24N4O4. The summed E-state index contributed by atoms with van der Waals surface area (Å²) in [7, 11) is 1.69. The first-order valence-electron chi connectivity index (χ1n) is 10.1. The molecule has 0 aliphatic carbocycles. The van der Waals surface area contributed by atoms with E-state index in [1.54, 1.807) is 18.9 Å². The summed E-state index contributed by atoms with van der Waals surface area (Å²) in [6.07, 6.45) is 3.52. The molecule has 2 aromatic rings. The molecule has 2 saturated heterocycles. The monoisotopic (exact) mass is 408 g/mol. The van der Waals surface area contributed by atoms with Crippen molar-refractivity contribution in [3.63, 3.8) is 0 Å². The molecule has 1 aromatic carbocycles. The van der Waals surface area contributed by atoms with E-state index in [1.165, 1.54) is 0 Å². The molecular weight excluding hydrogens is 384 g/mol. The van der Waals surface area contributed by atoms with Gasteiger partial charge in [0.25, 0.3) is 0 Å². The number of amides is 2. The summed E-state index contributed by atoms with van der Waals surface area (Å²) in [5, 5.41) is 7.76. The van der Waals surface area contributed by atoms with Crippen molar-refractivity contribution in [2.45, 2.75) is 38.6 Å². The van der Waals surface area contributed by atoms with Gasteiger partial charge in [-0.05, 0) is 12.5 Å². The Balaban J connectivity index is 1.36. The Bertz CT molecular complexity index is 1050. The van der Waals surface area contributed by atoms with Gasteiger partial charge in [0.2, 0.25) is 23.6 Å². The third-order valence-corrected chi connectivity index (χ3v) is 6.24. The van der Waals surface area contributed by atoms with Gasteiger partial charge in [-0.1, -0.05) is 42.0 Å². The second kappa shape index (κ2) is 6.77. The van der Waals surface area contributed by atoms with Crippen molar-refractivity contribution >= 4 is 11.8 Å². The predicted octanol–water partition coefficient (Wildman–Crippen LogP) is 1.63. The van der Waals surface area contributed by atoms with E-state index >= 15 is 0 Å². The first kappa shape index (κ1) is 19.0. The molecule has 2 bridgehead atoms. The summed E-state index contributed by atoms with van der Waals surface area (Å²) >= 11 is 0. The highest BCUT2D eigenvalue weighted by Gasteiger charge is 2.67.